The van der Waals surface area contributed by atoms with Crippen LogP contribution in [0.3, 0.4) is 0 Å². The van der Waals surface area contributed by atoms with Crippen LogP contribution >= 0.6 is 11.6 Å². The van der Waals surface area contributed by atoms with Gasteiger partial charge in [0, 0.05) is 12.7 Å². The Hall–Kier alpha value is -2.27. The first kappa shape index (κ1) is 14.1. The third-order valence-corrected chi connectivity index (χ3v) is 2.94. The number of hydrogen-bond acceptors (Lipinski definition) is 3. The van der Waals surface area contributed by atoms with Crippen LogP contribution < -0.4 is 10.6 Å². The first-order valence-corrected chi connectivity index (χ1v) is 6.46. The Bertz CT molecular complexity index is 587. The quantitative estimate of drug-likeness (QED) is 0.758. The average molecular weight is 292 g/mol. The number of carbonyl (C=O) groups is 1. The van der Waals surface area contributed by atoms with Crippen LogP contribution in [0.15, 0.2) is 42.6 Å². The van der Waals surface area contributed by atoms with Gasteiger partial charge in [0.2, 0.25) is 0 Å². The Morgan fingerprint density at radius 3 is 2.70 bits per heavy atom. The van der Waals surface area contributed by atoms with Crippen LogP contribution in [-0.4, -0.2) is 22.7 Å². The van der Waals surface area contributed by atoms with Crippen LogP contribution in [0, 0.1) is 0 Å². The lowest BCUT2D eigenvalue weighted by Crippen LogP contribution is -2.30. The minimum absolute atomic E-state index is 0.227. The molecule has 0 saturated carbocycles. The van der Waals surface area contributed by atoms with Crippen molar-refractivity contribution in [1.82, 2.24) is 10.3 Å². The summed E-state index contributed by atoms with van der Waals surface area (Å²) in [6, 6.07) is 9.89. The number of nitrogens with one attached hydrogen (secondary N) is 2. The van der Waals surface area contributed by atoms with Gasteiger partial charge in [0.05, 0.1) is 5.69 Å². The normalized spacial score (nSPS) is 10.1. The fourth-order valence-corrected chi connectivity index (χ4v) is 1.80. The van der Waals surface area contributed by atoms with Crippen LogP contribution in [0.5, 0.6) is 5.75 Å². The van der Waals surface area contributed by atoms with E-state index in [-0.39, 0.29) is 16.9 Å². The molecule has 6 heteroatoms. The van der Waals surface area contributed by atoms with Crippen molar-refractivity contribution < 1.29 is 9.90 Å². The van der Waals surface area contributed by atoms with Crippen molar-refractivity contribution in [2.75, 3.05) is 11.9 Å². The van der Waals surface area contributed by atoms with Gasteiger partial charge in [-0.25, -0.2) is 9.78 Å². The van der Waals surface area contributed by atoms with Crippen LogP contribution in [0.1, 0.15) is 5.56 Å². The van der Waals surface area contributed by atoms with Crippen molar-refractivity contribution in [2.24, 2.45) is 0 Å². The number of aromatic nitrogens is 1. The number of phenols is 1. The van der Waals surface area contributed by atoms with Gasteiger partial charge >= 0.3 is 6.03 Å². The van der Waals surface area contributed by atoms with E-state index in [9.17, 15) is 4.79 Å². The number of amides is 2. The molecule has 0 radical (unpaired) electrons. The van der Waals surface area contributed by atoms with Gasteiger partial charge in [-0.2, -0.15) is 0 Å². The molecule has 0 aliphatic rings. The fraction of sp³-hybridized carbons (Fsp3) is 0.143. The molecule has 2 amide bonds. The number of anilines is 1. The Kier molecular flexibility index (Phi) is 4.79. The summed E-state index contributed by atoms with van der Waals surface area (Å²) < 4.78 is 0. The maximum absolute atomic E-state index is 11.7. The molecule has 0 spiro atoms. The Labute approximate surface area is 121 Å². The van der Waals surface area contributed by atoms with Gasteiger partial charge in [0.1, 0.15) is 5.75 Å². The number of hydrogen-bond donors (Lipinski definition) is 3. The van der Waals surface area contributed by atoms with Gasteiger partial charge in [0.25, 0.3) is 0 Å². The highest BCUT2D eigenvalue weighted by Gasteiger charge is 2.05. The van der Waals surface area contributed by atoms with E-state index >= 15 is 0 Å². The Balaban J connectivity index is 1.78. The van der Waals surface area contributed by atoms with Crippen molar-refractivity contribution in [2.45, 2.75) is 6.42 Å². The maximum atomic E-state index is 11.7. The van der Waals surface area contributed by atoms with Crippen molar-refractivity contribution in [3.05, 3.63) is 53.3 Å². The zero-order chi connectivity index (χ0) is 14.4. The van der Waals surface area contributed by atoms with Gasteiger partial charge in [-0.3, -0.25) is 0 Å². The molecule has 1 aromatic heterocycles. The second kappa shape index (κ2) is 6.77. The number of urea groups is 1. The summed E-state index contributed by atoms with van der Waals surface area (Å²) >= 11 is 5.84. The number of nitrogens with zero attached hydrogens (tertiary/aromatic N) is 1. The van der Waals surface area contributed by atoms with E-state index in [2.05, 4.69) is 15.6 Å². The van der Waals surface area contributed by atoms with E-state index in [1.165, 1.54) is 0 Å². The van der Waals surface area contributed by atoms with Gasteiger partial charge in [-0.1, -0.05) is 23.7 Å². The minimum atomic E-state index is -0.335. The molecule has 0 aliphatic heterocycles. The largest absolute Gasteiger partial charge is 0.508 e. The lowest BCUT2D eigenvalue weighted by molar-refractivity contribution is 0.252. The Morgan fingerprint density at radius 2 is 2.00 bits per heavy atom. The molecule has 5 nitrogen and oxygen atoms in total. The average Bonchev–Trinajstić information content (AvgIpc) is 2.44. The van der Waals surface area contributed by atoms with Crippen molar-refractivity contribution in [3.8, 4) is 5.75 Å². The molecule has 104 valence electrons. The number of aromatic hydroxyl groups is 1. The molecule has 2 rings (SSSR count). The molecule has 20 heavy (non-hydrogen) atoms. The molecule has 0 aliphatic carbocycles. The minimum Gasteiger partial charge on any atom is -0.508 e. The molecule has 1 heterocycles. The summed E-state index contributed by atoms with van der Waals surface area (Å²) in [4.78, 5) is 15.5. The van der Waals surface area contributed by atoms with E-state index in [0.717, 1.165) is 5.56 Å². The first-order valence-electron chi connectivity index (χ1n) is 6.08. The molecular weight excluding hydrogens is 278 g/mol. The molecule has 0 bridgehead atoms. The zero-order valence-electron chi connectivity index (χ0n) is 10.6. The summed E-state index contributed by atoms with van der Waals surface area (Å²) in [5.74, 6) is 0.227. The Morgan fingerprint density at radius 1 is 1.25 bits per heavy atom. The monoisotopic (exact) mass is 291 g/mol. The van der Waals surface area contributed by atoms with Crippen LogP contribution in [-0.2, 0) is 6.42 Å². The lowest BCUT2D eigenvalue weighted by atomic mass is 10.1. The molecule has 0 unspecified atom stereocenters. The van der Waals surface area contributed by atoms with Crippen molar-refractivity contribution >= 4 is 23.3 Å². The first-order chi connectivity index (χ1) is 9.65. The summed E-state index contributed by atoms with van der Waals surface area (Å²) in [7, 11) is 0. The van der Waals surface area contributed by atoms with Crippen molar-refractivity contribution in [1.29, 1.82) is 0 Å². The highest BCUT2D eigenvalue weighted by atomic mass is 35.5. The highest BCUT2D eigenvalue weighted by molar-refractivity contribution is 6.32. The van der Waals surface area contributed by atoms with E-state index < -0.39 is 0 Å². The van der Waals surface area contributed by atoms with E-state index in [0.29, 0.717) is 18.7 Å². The van der Waals surface area contributed by atoms with Crippen LogP contribution in [0.25, 0.3) is 0 Å². The topological polar surface area (TPSA) is 74.2 Å². The smallest absolute Gasteiger partial charge is 0.319 e. The van der Waals surface area contributed by atoms with Crippen LogP contribution in [0.4, 0.5) is 10.5 Å². The molecule has 2 aromatic rings. The summed E-state index contributed by atoms with van der Waals surface area (Å²) in [5, 5.41) is 14.8. The second-order valence-electron chi connectivity index (χ2n) is 4.14. The summed E-state index contributed by atoms with van der Waals surface area (Å²) in [6.45, 7) is 0.481. The predicted octanol–water partition coefficient (Wildman–Crippen LogP) is 2.80. The van der Waals surface area contributed by atoms with Gasteiger partial charge in [-0.15, -0.1) is 0 Å². The molecule has 0 atom stereocenters. The van der Waals surface area contributed by atoms with E-state index in [1.807, 2.05) is 12.1 Å². The summed E-state index contributed by atoms with van der Waals surface area (Å²) in [5.41, 5.74) is 1.50. The van der Waals surface area contributed by atoms with Crippen LogP contribution in [0.2, 0.25) is 5.15 Å². The number of rotatable bonds is 4. The molecule has 0 fully saturated rings. The zero-order valence-corrected chi connectivity index (χ0v) is 11.4. The SMILES string of the molecule is O=C(NCCc1ccc(O)cc1)Nc1cccnc1Cl. The number of halogens is 1. The second-order valence-corrected chi connectivity index (χ2v) is 4.50. The fourth-order valence-electron chi connectivity index (χ4n) is 1.63. The number of pyridine rings is 1. The van der Waals surface area contributed by atoms with E-state index in [1.54, 1.807) is 30.5 Å². The van der Waals surface area contributed by atoms with Gasteiger partial charge < -0.3 is 15.7 Å². The maximum Gasteiger partial charge on any atom is 0.319 e. The number of benzene rings is 1. The number of phenolic OH excluding ortho intramolecular Hbond substituents is 1. The molecule has 0 saturated heterocycles. The summed E-state index contributed by atoms with van der Waals surface area (Å²) in [6.07, 6.45) is 2.23. The number of carbonyl (C=O) groups excluding carboxylic acids is 1. The van der Waals surface area contributed by atoms with Crippen molar-refractivity contribution in [3.63, 3.8) is 0 Å². The van der Waals surface area contributed by atoms with E-state index in [4.69, 9.17) is 16.7 Å². The third kappa shape index (κ3) is 4.13. The predicted molar refractivity (Wildman–Crippen MR) is 78.1 cm³/mol. The molecular formula is C14H14ClN3O2. The molecule has 1 aromatic carbocycles. The van der Waals surface area contributed by atoms with Gasteiger partial charge in [-0.05, 0) is 36.2 Å². The third-order valence-electron chi connectivity index (χ3n) is 2.64. The standard InChI is InChI=1S/C14H14ClN3O2/c15-13-12(2-1-8-16-13)18-14(20)17-9-7-10-3-5-11(19)6-4-10/h1-6,8,19H,7,9H2,(H2,17,18,20). The highest BCUT2D eigenvalue weighted by Crippen LogP contribution is 2.16. The molecule has 3 N–H and O–H groups in total. The lowest BCUT2D eigenvalue weighted by Gasteiger charge is -2.08. The van der Waals surface area contributed by atoms with Gasteiger partial charge in [0.15, 0.2) is 5.15 Å².